The minimum absolute atomic E-state index is 0.302. The number of aliphatic carboxylic acids is 1. The second kappa shape index (κ2) is 12.3. The summed E-state index contributed by atoms with van der Waals surface area (Å²) in [7, 11) is 0. The van der Waals surface area contributed by atoms with Gasteiger partial charge in [-0.3, -0.25) is 9.59 Å². The van der Waals surface area contributed by atoms with Crippen molar-refractivity contribution in [1.29, 1.82) is 0 Å². The molecule has 5 nitrogen and oxygen atoms in total. The Morgan fingerprint density at radius 1 is 1.16 bits per heavy atom. The predicted octanol–water partition coefficient (Wildman–Crippen LogP) is 1.44. The first-order valence-corrected chi connectivity index (χ1v) is 7.58. The average molecular weight is 290 g/mol. The molecule has 0 spiro atoms. The van der Waals surface area contributed by atoms with Gasteiger partial charge in [0.25, 0.3) is 0 Å². The number of amides is 1. The minimum Gasteiger partial charge on any atom is -0.480 e. The average Bonchev–Trinajstić information content (AvgIpc) is 2.39. The van der Waals surface area contributed by atoms with E-state index in [-0.39, 0.29) is 12.5 Å². The van der Waals surface area contributed by atoms with Crippen LogP contribution in [-0.2, 0) is 9.59 Å². The lowest BCUT2D eigenvalue weighted by molar-refractivity contribution is -0.138. The largest absolute Gasteiger partial charge is 0.480 e. The highest BCUT2D eigenvalue weighted by Gasteiger charge is 2.16. The smallest absolute Gasteiger partial charge is 0.322 e. The van der Waals surface area contributed by atoms with Crippen LogP contribution < -0.4 is 10.6 Å². The fourth-order valence-corrected chi connectivity index (χ4v) is 2.00. The Hall–Kier alpha value is -0.750. The number of hydrogen-bond donors (Lipinski definition) is 4. The first-order chi connectivity index (χ1) is 9.11. The molecule has 0 aromatic heterocycles. The summed E-state index contributed by atoms with van der Waals surface area (Å²) in [6, 6.07) is -0.418. The predicted molar refractivity (Wildman–Crippen MR) is 79.7 cm³/mol. The quantitative estimate of drug-likeness (QED) is 0.324. The Kier molecular flexibility index (Phi) is 11.8. The second-order valence-electron chi connectivity index (χ2n) is 4.57. The number of nitrogens with one attached hydrogen (secondary N) is 2. The maximum Gasteiger partial charge on any atom is 0.322 e. The number of carboxylic acids is 1. The number of rotatable bonds is 12. The van der Waals surface area contributed by atoms with E-state index in [1.165, 1.54) is 25.7 Å². The zero-order chi connectivity index (χ0) is 14.5. The van der Waals surface area contributed by atoms with Crippen LogP contribution in [0.3, 0.4) is 0 Å². The number of carboxylic acid groups (broad SMARTS) is 1. The molecule has 0 aromatic carbocycles. The highest BCUT2D eigenvalue weighted by atomic mass is 32.1. The first-order valence-electron chi connectivity index (χ1n) is 6.95. The molecule has 0 aliphatic heterocycles. The van der Waals surface area contributed by atoms with Crippen molar-refractivity contribution in [3.05, 3.63) is 0 Å². The molecule has 3 N–H and O–H groups in total. The van der Waals surface area contributed by atoms with Crippen molar-refractivity contribution >= 4 is 24.5 Å². The molecule has 0 fully saturated rings. The van der Waals surface area contributed by atoms with Crippen molar-refractivity contribution in [2.75, 3.05) is 18.8 Å². The van der Waals surface area contributed by atoms with E-state index in [1.807, 2.05) is 0 Å². The van der Waals surface area contributed by atoms with Gasteiger partial charge in [0, 0.05) is 5.75 Å². The van der Waals surface area contributed by atoms with Crippen LogP contribution in [0.15, 0.2) is 0 Å². The van der Waals surface area contributed by atoms with E-state index in [4.69, 9.17) is 5.11 Å². The molecule has 19 heavy (non-hydrogen) atoms. The maximum absolute atomic E-state index is 11.6. The van der Waals surface area contributed by atoms with Gasteiger partial charge in [0.1, 0.15) is 6.54 Å². The lowest BCUT2D eigenvalue weighted by Gasteiger charge is -2.15. The Bertz CT molecular complexity index is 262. The van der Waals surface area contributed by atoms with E-state index in [1.54, 1.807) is 0 Å². The van der Waals surface area contributed by atoms with E-state index in [0.717, 1.165) is 19.4 Å². The summed E-state index contributed by atoms with van der Waals surface area (Å²) in [6.45, 7) is 2.61. The van der Waals surface area contributed by atoms with Gasteiger partial charge in [0.05, 0.1) is 6.04 Å². The normalized spacial score (nSPS) is 12.1. The molecule has 6 heteroatoms. The lowest BCUT2D eigenvalue weighted by atomic mass is 10.1. The zero-order valence-electron chi connectivity index (χ0n) is 11.7. The highest BCUT2D eigenvalue weighted by molar-refractivity contribution is 7.80. The number of carbonyl (C=O) groups is 2. The Morgan fingerprint density at radius 3 is 2.37 bits per heavy atom. The van der Waals surface area contributed by atoms with Crippen LogP contribution in [0, 0.1) is 0 Å². The molecule has 0 aliphatic carbocycles. The van der Waals surface area contributed by atoms with Crippen molar-refractivity contribution in [1.82, 2.24) is 10.6 Å². The molecule has 0 unspecified atom stereocenters. The summed E-state index contributed by atoms with van der Waals surface area (Å²) in [4.78, 5) is 21.9. The summed E-state index contributed by atoms with van der Waals surface area (Å²) in [5.74, 6) is -0.980. The molecule has 0 bridgehead atoms. The Labute approximate surface area is 120 Å². The molecule has 0 saturated carbocycles. The van der Waals surface area contributed by atoms with Gasteiger partial charge in [0.2, 0.25) is 5.91 Å². The first kappa shape index (κ1) is 18.2. The molecule has 0 rings (SSSR count). The number of unbranched alkanes of at least 4 members (excludes halogenated alkanes) is 5. The Balaban J connectivity index is 3.63. The van der Waals surface area contributed by atoms with Crippen LogP contribution in [0.25, 0.3) is 0 Å². The fourth-order valence-electron chi connectivity index (χ4n) is 1.71. The molecule has 0 aromatic rings. The van der Waals surface area contributed by atoms with Crippen LogP contribution in [0.5, 0.6) is 0 Å². The zero-order valence-corrected chi connectivity index (χ0v) is 12.5. The lowest BCUT2D eigenvalue weighted by Crippen LogP contribution is -2.47. The molecule has 0 saturated heterocycles. The molecule has 112 valence electrons. The van der Waals surface area contributed by atoms with Crippen molar-refractivity contribution in [2.45, 2.75) is 51.5 Å². The van der Waals surface area contributed by atoms with Gasteiger partial charge in [-0.25, -0.2) is 0 Å². The summed E-state index contributed by atoms with van der Waals surface area (Å²) in [5, 5.41) is 13.9. The Morgan fingerprint density at radius 2 is 1.79 bits per heavy atom. The van der Waals surface area contributed by atoms with Crippen molar-refractivity contribution in [3.8, 4) is 0 Å². The standard InChI is InChI=1S/C13H26N2O3S/c1-2-3-4-5-6-7-8-14-11(10-19)13(18)15-9-12(16)17/h11,14,19H,2-10H2,1H3,(H,15,18)(H,16,17)/t11-/m0/s1. The summed E-state index contributed by atoms with van der Waals surface area (Å²) in [6.07, 6.45) is 7.20. The third-order valence-electron chi connectivity index (χ3n) is 2.83. The van der Waals surface area contributed by atoms with Crippen LogP contribution in [0.2, 0.25) is 0 Å². The molecule has 0 radical (unpaired) electrons. The number of thiol groups is 1. The van der Waals surface area contributed by atoms with E-state index in [2.05, 4.69) is 30.2 Å². The van der Waals surface area contributed by atoms with Crippen LogP contribution >= 0.6 is 12.6 Å². The summed E-state index contributed by atoms with van der Waals surface area (Å²) < 4.78 is 0. The van der Waals surface area contributed by atoms with Gasteiger partial charge in [0.15, 0.2) is 0 Å². The summed E-state index contributed by atoms with van der Waals surface area (Å²) in [5.41, 5.74) is 0. The van der Waals surface area contributed by atoms with Gasteiger partial charge >= 0.3 is 5.97 Å². The molecular formula is C13H26N2O3S. The van der Waals surface area contributed by atoms with Crippen molar-refractivity contribution in [3.63, 3.8) is 0 Å². The fraction of sp³-hybridized carbons (Fsp3) is 0.846. The third kappa shape index (κ3) is 10.8. The SMILES string of the molecule is CCCCCCCCN[C@@H](CS)C(=O)NCC(=O)O. The van der Waals surface area contributed by atoms with Gasteiger partial charge in [-0.1, -0.05) is 39.0 Å². The van der Waals surface area contributed by atoms with E-state index < -0.39 is 12.0 Å². The van der Waals surface area contributed by atoms with Gasteiger partial charge < -0.3 is 15.7 Å². The van der Waals surface area contributed by atoms with Gasteiger partial charge in [-0.05, 0) is 13.0 Å². The maximum atomic E-state index is 11.6. The number of hydrogen-bond acceptors (Lipinski definition) is 4. The number of carbonyl (C=O) groups excluding carboxylic acids is 1. The van der Waals surface area contributed by atoms with Crippen molar-refractivity contribution < 1.29 is 14.7 Å². The van der Waals surface area contributed by atoms with E-state index in [9.17, 15) is 9.59 Å². The third-order valence-corrected chi connectivity index (χ3v) is 3.20. The molecular weight excluding hydrogens is 264 g/mol. The van der Waals surface area contributed by atoms with Crippen LogP contribution in [-0.4, -0.2) is 41.9 Å². The molecule has 0 aliphatic rings. The van der Waals surface area contributed by atoms with Gasteiger partial charge in [-0.2, -0.15) is 12.6 Å². The van der Waals surface area contributed by atoms with Crippen molar-refractivity contribution in [2.24, 2.45) is 0 Å². The summed E-state index contributed by atoms with van der Waals surface area (Å²) >= 11 is 4.10. The topological polar surface area (TPSA) is 78.4 Å². The monoisotopic (exact) mass is 290 g/mol. The highest BCUT2D eigenvalue weighted by Crippen LogP contribution is 2.04. The molecule has 1 amide bonds. The van der Waals surface area contributed by atoms with Crippen LogP contribution in [0.4, 0.5) is 0 Å². The molecule has 1 atom stereocenters. The van der Waals surface area contributed by atoms with E-state index >= 15 is 0 Å². The van der Waals surface area contributed by atoms with E-state index in [0.29, 0.717) is 5.75 Å². The minimum atomic E-state index is -1.04. The molecule has 0 heterocycles. The second-order valence-corrected chi connectivity index (χ2v) is 4.93. The van der Waals surface area contributed by atoms with Gasteiger partial charge in [-0.15, -0.1) is 0 Å². The van der Waals surface area contributed by atoms with Crippen LogP contribution in [0.1, 0.15) is 45.4 Å².